The molecule has 66 valence electrons. The Labute approximate surface area is 63.7 Å². The lowest BCUT2D eigenvalue weighted by molar-refractivity contribution is -0.132. The van der Waals surface area contributed by atoms with Gasteiger partial charge in [-0.25, -0.2) is 0 Å². The third-order valence-corrected chi connectivity index (χ3v) is 1.16. The van der Waals surface area contributed by atoms with E-state index in [4.69, 9.17) is 4.74 Å². The molecule has 0 fully saturated rings. The van der Waals surface area contributed by atoms with Crippen molar-refractivity contribution in [2.75, 3.05) is 13.7 Å². The van der Waals surface area contributed by atoms with Crippen LogP contribution in [0, 0.1) is 0 Å². The van der Waals surface area contributed by atoms with Gasteiger partial charge in [-0.2, -0.15) is 8.78 Å². The molecular weight excluding hydrogens is 156 g/mol. The third kappa shape index (κ3) is 4.66. The van der Waals surface area contributed by atoms with Gasteiger partial charge in [-0.1, -0.05) is 0 Å². The number of hydrogen-bond donors (Lipinski definition) is 1. The lowest BCUT2D eigenvalue weighted by Gasteiger charge is -2.09. The molecule has 0 bridgehead atoms. The summed E-state index contributed by atoms with van der Waals surface area (Å²) in [6.45, 7) is 1.78. The molecular formula is C6H11F2NO2. The highest BCUT2D eigenvalue weighted by molar-refractivity contribution is 5.79. The van der Waals surface area contributed by atoms with Gasteiger partial charge >= 0.3 is 6.43 Å². The van der Waals surface area contributed by atoms with Crippen LogP contribution in [0.1, 0.15) is 6.92 Å². The van der Waals surface area contributed by atoms with Crippen molar-refractivity contribution < 1.29 is 18.3 Å². The van der Waals surface area contributed by atoms with Crippen molar-refractivity contribution in [3.63, 3.8) is 0 Å². The van der Waals surface area contributed by atoms with E-state index in [-0.39, 0.29) is 12.6 Å². The number of nitrogens with one attached hydrogen (secondary N) is 1. The van der Waals surface area contributed by atoms with E-state index in [0.29, 0.717) is 0 Å². The lowest BCUT2D eigenvalue weighted by Crippen LogP contribution is -2.35. The van der Waals surface area contributed by atoms with Gasteiger partial charge in [0.2, 0.25) is 0 Å². The Morgan fingerprint density at radius 1 is 1.64 bits per heavy atom. The van der Waals surface area contributed by atoms with E-state index >= 15 is 0 Å². The first-order valence-electron chi connectivity index (χ1n) is 3.16. The number of carbonyl (C=O) groups excluding carboxylic acids is 1. The predicted molar refractivity (Wildman–Crippen MR) is 35.5 cm³/mol. The monoisotopic (exact) mass is 167 g/mol. The maximum atomic E-state index is 11.5. The average Bonchev–Trinajstić information content (AvgIpc) is 1.99. The van der Waals surface area contributed by atoms with Crippen LogP contribution in [0.15, 0.2) is 0 Å². The quantitative estimate of drug-likeness (QED) is 0.658. The van der Waals surface area contributed by atoms with E-state index < -0.39 is 12.3 Å². The molecule has 0 saturated carbocycles. The van der Waals surface area contributed by atoms with Gasteiger partial charge in [0.05, 0.1) is 6.10 Å². The van der Waals surface area contributed by atoms with Gasteiger partial charge in [0.1, 0.15) is 0 Å². The maximum absolute atomic E-state index is 11.5. The molecule has 0 rings (SSSR count). The molecule has 3 nitrogen and oxygen atoms in total. The molecule has 0 aromatic rings. The highest BCUT2D eigenvalue weighted by Gasteiger charge is 2.14. The van der Waals surface area contributed by atoms with Gasteiger partial charge in [-0.05, 0) is 6.92 Å². The molecule has 0 aromatic heterocycles. The normalized spacial score (nSPS) is 13.2. The van der Waals surface area contributed by atoms with Crippen LogP contribution < -0.4 is 5.32 Å². The van der Waals surface area contributed by atoms with Crippen LogP contribution in [0.3, 0.4) is 0 Å². The summed E-state index contributed by atoms with van der Waals surface area (Å²) in [4.78, 5) is 10.2. The zero-order valence-electron chi connectivity index (χ0n) is 6.43. The van der Waals surface area contributed by atoms with Crippen LogP contribution in [-0.4, -0.2) is 32.1 Å². The van der Waals surface area contributed by atoms with E-state index in [1.54, 1.807) is 6.92 Å². The molecule has 0 heterocycles. The number of hydrogen-bond acceptors (Lipinski definition) is 2. The minimum Gasteiger partial charge on any atom is -0.380 e. The molecule has 1 unspecified atom stereocenters. The Hall–Kier alpha value is -0.710. The fraction of sp³-hybridized carbons (Fsp3) is 0.833. The molecule has 1 atom stereocenters. The topological polar surface area (TPSA) is 38.3 Å². The number of halogens is 2. The zero-order chi connectivity index (χ0) is 8.85. The van der Waals surface area contributed by atoms with E-state index in [1.807, 2.05) is 5.32 Å². The molecule has 0 aliphatic rings. The predicted octanol–water partition coefficient (Wildman–Crippen LogP) is 0.403. The largest absolute Gasteiger partial charge is 0.380 e. The zero-order valence-corrected chi connectivity index (χ0v) is 6.43. The van der Waals surface area contributed by atoms with E-state index in [2.05, 4.69) is 0 Å². The smallest absolute Gasteiger partial charge is 0.315 e. The van der Waals surface area contributed by atoms with Gasteiger partial charge in [-0.15, -0.1) is 0 Å². The molecule has 0 aliphatic carbocycles. The summed E-state index contributed by atoms with van der Waals surface area (Å²) in [5.41, 5.74) is 0. The maximum Gasteiger partial charge on any atom is 0.315 e. The Kier molecular flexibility index (Phi) is 4.69. The summed E-state index contributed by atoms with van der Waals surface area (Å²) < 4.78 is 27.8. The number of methoxy groups -OCH3 is 1. The van der Waals surface area contributed by atoms with Gasteiger partial charge in [0, 0.05) is 13.7 Å². The molecule has 1 amide bonds. The summed E-state index contributed by atoms with van der Waals surface area (Å²) in [6.07, 6.45) is -3.18. The Morgan fingerprint density at radius 2 is 2.18 bits per heavy atom. The van der Waals surface area contributed by atoms with Crippen molar-refractivity contribution in [1.29, 1.82) is 0 Å². The van der Waals surface area contributed by atoms with Gasteiger partial charge < -0.3 is 10.1 Å². The van der Waals surface area contributed by atoms with E-state index in [1.165, 1.54) is 7.11 Å². The van der Waals surface area contributed by atoms with Gasteiger partial charge in [0.25, 0.3) is 5.91 Å². The van der Waals surface area contributed by atoms with Crippen LogP contribution in [0.4, 0.5) is 8.78 Å². The first kappa shape index (κ1) is 10.3. The van der Waals surface area contributed by atoms with Crippen molar-refractivity contribution in [1.82, 2.24) is 5.32 Å². The van der Waals surface area contributed by atoms with Crippen LogP contribution >= 0.6 is 0 Å². The highest BCUT2D eigenvalue weighted by atomic mass is 19.3. The van der Waals surface area contributed by atoms with Crippen molar-refractivity contribution in [2.24, 2.45) is 0 Å². The lowest BCUT2D eigenvalue weighted by atomic mass is 10.4. The van der Waals surface area contributed by atoms with Crippen molar-refractivity contribution >= 4 is 5.91 Å². The van der Waals surface area contributed by atoms with Crippen molar-refractivity contribution in [3.8, 4) is 0 Å². The Balaban J connectivity index is 3.46. The van der Waals surface area contributed by atoms with Crippen molar-refractivity contribution in [2.45, 2.75) is 19.5 Å². The second kappa shape index (κ2) is 5.01. The molecule has 5 heteroatoms. The number of carbonyl (C=O) groups is 1. The summed E-state index contributed by atoms with van der Waals surface area (Å²) in [5, 5.41) is 2.02. The Bertz CT molecular complexity index is 130. The standard InChI is InChI=1S/C6H11F2NO2/c1-4(11-2)3-9-6(10)5(7)8/h4-5H,3H2,1-2H3,(H,9,10). The van der Waals surface area contributed by atoms with E-state index in [9.17, 15) is 13.6 Å². The SMILES string of the molecule is COC(C)CNC(=O)C(F)F. The van der Waals surface area contributed by atoms with Crippen LogP contribution in [0.25, 0.3) is 0 Å². The van der Waals surface area contributed by atoms with Gasteiger partial charge in [0.15, 0.2) is 0 Å². The highest BCUT2D eigenvalue weighted by Crippen LogP contribution is 1.91. The number of alkyl halides is 2. The second-order valence-electron chi connectivity index (χ2n) is 2.09. The first-order chi connectivity index (χ1) is 5.07. The fourth-order valence-corrected chi connectivity index (χ4v) is 0.405. The molecule has 0 radical (unpaired) electrons. The minimum atomic E-state index is -2.95. The summed E-state index contributed by atoms with van der Waals surface area (Å²) in [5.74, 6) is -1.26. The minimum absolute atomic E-state index is 0.111. The number of rotatable bonds is 4. The van der Waals surface area contributed by atoms with Crippen LogP contribution in [-0.2, 0) is 9.53 Å². The first-order valence-corrected chi connectivity index (χ1v) is 3.16. The Morgan fingerprint density at radius 3 is 2.55 bits per heavy atom. The molecule has 0 aromatic carbocycles. The van der Waals surface area contributed by atoms with E-state index in [0.717, 1.165) is 0 Å². The number of ether oxygens (including phenoxy) is 1. The summed E-state index contributed by atoms with van der Waals surface area (Å²) >= 11 is 0. The van der Waals surface area contributed by atoms with Crippen molar-refractivity contribution in [3.05, 3.63) is 0 Å². The average molecular weight is 167 g/mol. The fourth-order valence-electron chi connectivity index (χ4n) is 0.405. The summed E-state index contributed by atoms with van der Waals surface area (Å²) in [6, 6.07) is 0. The van der Waals surface area contributed by atoms with Gasteiger partial charge in [-0.3, -0.25) is 4.79 Å². The second-order valence-corrected chi connectivity index (χ2v) is 2.09. The molecule has 11 heavy (non-hydrogen) atoms. The molecule has 1 N–H and O–H groups in total. The number of amides is 1. The van der Waals surface area contributed by atoms with Crippen LogP contribution in [0.5, 0.6) is 0 Å². The molecule has 0 spiro atoms. The van der Waals surface area contributed by atoms with Crippen LogP contribution in [0.2, 0.25) is 0 Å². The third-order valence-electron chi connectivity index (χ3n) is 1.16. The summed E-state index contributed by atoms with van der Waals surface area (Å²) in [7, 11) is 1.44. The molecule has 0 saturated heterocycles. The molecule has 0 aliphatic heterocycles.